The Morgan fingerprint density at radius 1 is 1.39 bits per heavy atom. The highest BCUT2D eigenvalue weighted by Gasteiger charge is 2.19. The lowest BCUT2D eigenvalue weighted by Gasteiger charge is -2.19. The summed E-state index contributed by atoms with van der Waals surface area (Å²) in [4.78, 5) is 11.2. The van der Waals surface area contributed by atoms with Gasteiger partial charge in [0, 0.05) is 16.2 Å². The highest BCUT2D eigenvalue weighted by Crippen LogP contribution is 2.32. The quantitative estimate of drug-likeness (QED) is 0.896. The Bertz CT molecular complexity index is 485. The summed E-state index contributed by atoms with van der Waals surface area (Å²) in [6.45, 7) is 2.62. The van der Waals surface area contributed by atoms with Crippen LogP contribution in [-0.4, -0.2) is 33.7 Å². The number of hydrogen-bond donors (Lipinski definition) is 1. The molecule has 2 unspecified atom stereocenters. The standard InChI is InChI=1S/C12H14O5S/c1-8(6-12(13)14)18(15)9-2-3-10-11(7-9)17-5-4-16-10/h2-3,7-8H,4-6H2,1H3,(H,13,14). The highest BCUT2D eigenvalue weighted by molar-refractivity contribution is 7.85. The van der Waals surface area contributed by atoms with Crippen LogP contribution in [0, 0.1) is 0 Å². The van der Waals surface area contributed by atoms with E-state index in [2.05, 4.69) is 0 Å². The predicted molar refractivity (Wildman–Crippen MR) is 65.6 cm³/mol. The second kappa shape index (κ2) is 5.39. The van der Waals surface area contributed by atoms with Crippen molar-refractivity contribution >= 4 is 16.8 Å². The number of fused-ring (bicyclic) bond motifs is 1. The van der Waals surface area contributed by atoms with Crippen LogP contribution in [0.15, 0.2) is 23.1 Å². The molecule has 18 heavy (non-hydrogen) atoms. The molecule has 0 amide bonds. The third kappa shape index (κ3) is 2.81. The van der Waals surface area contributed by atoms with Gasteiger partial charge in [-0.2, -0.15) is 0 Å². The number of ether oxygens (including phenoxy) is 2. The normalized spacial score (nSPS) is 16.9. The summed E-state index contributed by atoms with van der Waals surface area (Å²) < 4.78 is 22.9. The molecule has 1 aliphatic heterocycles. The third-order valence-corrected chi connectivity index (χ3v) is 4.19. The molecule has 0 bridgehead atoms. The molecular weight excluding hydrogens is 256 g/mol. The zero-order valence-electron chi connectivity index (χ0n) is 9.92. The molecule has 0 aliphatic carbocycles. The summed E-state index contributed by atoms with van der Waals surface area (Å²) in [5, 5.41) is 8.25. The van der Waals surface area contributed by atoms with E-state index in [9.17, 15) is 9.00 Å². The molecule has 0 spiro atoms. The van der Waals surface area contributed by atoms with Gasteiger partial charge in [0.25, 0.3) is 0 Å². The van der Waals surface area contributed by atoms with E-state index >= 15 is 0 Å². The Kier molecular flexibility index (Phi) is 3.86. The van der Waals surface area contributed by atoms with Crippen molar-refractivity contribution in [2.45, 2.75) is 23.5 Å². The zero-order chi connectivity index (χ0) is 13.1. The minimum atomic E-state index is -1.36. The maximum atomic E-state index is 12.1. The van der Waals surface area contributed by atoms with Gasteiger partial charge in [-0.1, -0.05) is 0 Å². The van der Waals surface area contributed by atoms with Crippen LogP contribution in [0.4, 0.5) is 0 Å². The Labute approximate surface area is 107 Å². The fourth-order valence-corrected chi connectivity index (χ4v) is 2.89. The van der Waals surface area contributed by atoms with Crippen molar-refractivity contribution in [2.75, 3.05) is 13.2 Å². The van der Waals surface area contributed by atoms with Crippen molar-refractivity contribution in [3.8, 4) is 11.5 Å². The number of benzene rings is 1. The van der Waals surface area contributed by atoms with Gasteiger partial charge in [0.05, 0.1) is 17.2 Å². The molecule has 0 saturated heterocycles. The lowest BCUT2D eigenvalue weighted by Crippen LogP contribution is -2.18. The molecule has 6 heteroatoms. The van der Waals surface area contributed by atoms with Crippen molar-refractivity contribution in [3.63, 3.8) is 0 Å². The molecular formula is C12H14O5S. The van der Waals surface area contributed by atoms with E-state index in [0.29, 0.717) is 29.6 Å². The largest absolute Gasteiger partial charge is 0.486 e. The molecule has 0 saturated carbocycles. The van der Waals surface area contributed by atoms with Gasteiger partial charge < -0.3 is 14.6 Å². The number of carbonyl (C=O) groups is 1. The topological polar surface area (TPSA) is 72.8 Å². The average molecular weight is 270 g/mol. The van der Waals surface area contributed by atoms with Crippen molar-refractivity contribution in [3.05, 3.63) is 18.2 Å². The fourth-order valence-electron chi connectivity index (χ4n) is 1.70. The van der Waals surface area contributed by atoms with Crippen molar-refractivity contribution < 1.29 is 23.6 Å². The number of hydrogen-bond acceptors (Lipinski definition) is 4. The minimum Gasteiger partial charge on any atom is -0.486 e. The molecule has 1 aromatic rings. The summed E-state index contributed by atoms with van der Waals surface area (Å²) in [6.07, 6.45) is -0.124. The van der Waals surface area contributed by atoms with Crippen LogP contribution in [0.2, 0.25) is 0 Å². The summed E-state index contributed by atoms with van der Waals surface area (Å²) in [6, 6.07) is 5.04. The molecule has 98 valence electrons. The number of carboxylic acid groups (broad SMARTS) is 1. The van der Waals surface area contributed by atoms with E-state index < -0.39 is 22.0 Å². The first-order valence-electron chi connectivity index (χ1n) is 5.60. The number of aliphatic carboxylic acids is 1. The van der Waals surface area contributed by atoms with Crippen molar-refractivity contribution in [1.29, 1.82) is 0 Å². The Morgan fingerprint density at radius 2 is 2.06 bits per heavy atom. The van der Waals surface area contributed by atoms with Crippen molar-refractivity contribution in [1.82, 2.24) is 0 Å². The van der Waals surface area contributed by atoms with E-state index in [4.69, 9.17) is 14.6 Å². The second-order valence-electron chi connectivity index (χ2n) is 4.01. The fraction of sp³-hybridized carbons (Fsp3) is 0.417. The maximum Gasteiger partial charge on any atom is 0.304 e. The highest BCUT2D eigenvalue weighted by atomic mass is 32.2. The van der Waals surface area contributed by atoms with Crippen LogP contribution in [0.3, 0.4) is 0 Å². The minimum absolute atomic E-state index is 0.124. The van der Waals surface area contributed by atoms with Gasteiger partial charge in [0.2, 0.25) is 0 Å². The zero-order valence-corrected chi connectivity index (χ0v) is 10.7. The van der Waals surface area contributed by atoms with Gasteiger partial charge in [-0.25, -0.2) is 0 Å². The second-order valence-corrected chi connectivity index (χ2v) is 5.88. The summed E-state index contributed by atoms with van der Waals surface area (Å²) in [5.74, 6) is 0.246. The first-order chi connectivity index (χ1) is 8.58. The van der Waals surface area contributed by atoms with Gasteiger partial charge in [0.15, 0.2) is 11.5 Å². The molecule has 1 heterocycles. The summed E-state index contributed by atoms with van der Waals surface area (Å²) in [7, 11) is -1.36. The molecule has 0 aromatic heterocycles. The predicted octanol–water partition coefficient (Wildman–Crippen LogP) is 1.43. The molecule has 2 rings (SSSR count). The molecule has 1 aromatic carbocycles. The average Bonchev–Trinajstić information content (AvgIpc) is 2.36. The van der Waals surface area contributed by atoms with Crippen LogP contribution >= 0.6 is 0 Å². The third-order valence-electron chi connectivity index (χ3n) is 2.57. The molecule has 1 N–H and O–H groups in total. The van der Waals surface area contributed by atoms with Crippen LogP contribution < -0.4 is 9.47 Å². The first-order valence-corrected chi connectivity index (χ1v) is 6.81. The molecule has 2 atom stereocenters. The van der Waals surface area contributed by atoms with E-state index in [-0.39, 0.29) is 6.42 Å². The van der Waals surface area contributed by atoms with Gasteiger partial charge in [-0.15, -0.1) is 0 Å². The van der Waals surface area contributed by atoms with Gasteiger partial charge in [-0.3, -0.25) is 9.00 Å². The van der Waals surface area contributed by atoms with E-state index in [1.165, 1.54) is 0 Å². The summed E-state index contributed by atoms with van der Waals surface area (Å²) >= 11 is 0. The number of rotatable bonds is 4. The monoisotopic (exact) mass is 270 g/mol. The molecule has 5 nitrogen and oxygen atoms in total. The van der Waals surface area contributed by atoms with E-state index in [1.54, 1.807) is 25.1 Å². The maximum absolute atomic E-state index is 12.1. The van der Waals surface area contributed by atoms with Crippen LogP contribution in [0.25, 0.3) is 0 Å². The first kappa shape index (κ1) is 12.9. The van der Waals surface area contributed by atoms with Crippen LogP contribution in [-0.2, 0) is 15.6 Å². The van der Waals surface area contributed by atoms with E-state index in [1.807, 2.05) is 0 Å². The molecule has 1 aliphatic rings. The summed E-state index contributed by atoms with van der Waals surface area (Å²) in [5.41, 5.74) is 0. The SMILES string of the molecule is CC(CC(=O)O)S(=O)c1ccc2c(c1)OCCO2. The van der Waals surface area contributed by atoms with E-state index in [0.717, 1.165) is 0 Å². The Balaban J connectivity index is 2.18. The van der Waals surface area contributed by atoms with Crippen LogP contribution in [0.1, 0.15) is 13.3 Å². The van der Waals surface area contributed by atoms with Crippen LogP contribution in [0.5, 0.6) is 11.5 Å². The van der Waals surface area contributed by atoms with Gasteiger partial charge in [0.1, 0.15) is 13.2 Å². The lowest BCUT2D eigenvalue weighted by molar-refractivity contribution is -0.136. The number of carboxylic acids is 1. The lowest BCUT2D eigenvalue weighted by atomic mass is 10.3. The smallest absolute Gasteiger partial charge is 0.304 e. The van der Waals surface area contributed by atoms with Gasteiger partial charge in [-0.05, 0) is 19.1 Å². The Morgan fingerprint density at radius 3 is 2.72 bits per heavy atom. The molecule has 0 radical (unpaired) electrons. The van der Waals surface area contributed by atoms with Crippen molar-refractivity contribution in [2.24, 2.45) is 0 Å². The molecule has 0 fully saturated rings. The van der Waals surface area contributed by atoms with Gasteiger partial charge >= 0.3 is 5.97 Å². The Hall–Kier alpha value is -1.56.